The quantitative estimate of drug-likeness (QED) is 0.542. The highest BCUT2D eigenvalue weighted by Gasteiger charge is 2.13. The van der Waals surface area contributed by atoms with E-state index in [0.29, 0.717) is 16.5 Å². The topological polar surface area (TPSA) is 110 Å². The van der Waals surface area contributed by atoms with E-state index in [0.717, 1.165) is 10.9 Å². The third kappa shape index (κ3) is 3.99. The second-order valence-corrected chi connectivity index (χ2v) is 6.63. The Bertz CT molecular complexity index is 1140. The van der Waals surface area contributed by atoms with Crippen LogP contribution in [0.5, 0.6) is 0 Å². The first kappa shape index (κ1) is 17.7. The minimum atomic E-state index is -0.450. The molecule has 0 atom stereocenters. The fraction of sp³-hybridized carbons (Fsp3) is 0.0526. The molecule has 2 N–H and O–H groups in total. The van der Waals surface area contributed by atoms with Gasteiger partial charge in [0.05, 0.1) is 23.3 Å². The molecule has 4 rings (SSSR count). The summed E-state index contributed by atoms with van der Waals surface area (Å²) in [6.07, 6.45) is 4.77. The molecule has 4 aromatic rings. The molecule has 0 saturated carbocycles. The summed E-state index contributed by atoms with van der Waals surface area (Å²) in [5.41, 5.74) is 2.06. The number of anilines is 2. The van der Waals surface area contributed by atoms with Crippen molar-refractivity contribution in [2.75, 3.05) is 10.6 Å². The monoisotopic (exact) mass is 390 g/mol. The van der Waals surface area contributed by atoms with Gasteiger partial charge in [-0.05, 0) is 30.3 Å². The van der Waals surface area contributed by atoms with Crippen LogP contribution in [-0.2, 0) is 11.2 Å². The Kier molecular flexibility index (Phi) is 4.98. The van der Waals surface area contributed by atoms with Crippen molar-refractivity contribution in [2.24, 2.45) is 0 Å². The Morgan fingerprint density at radius 2 is 1.75 bits per heavy atom. The van der Waals surface area contributed by atoms with E-state index in [4.69, 9.17) is 0 Å². The van der Waals surface area contributed by atoms with Crippen LogP contribution in [0.3, 0.4) is 0 Å². The van der Waals surface area contributed by atoms with Crippen LogP contribution < -0.4 is 10.6 Å². The van der Waals surface area contributed by atoms with Gasteiger partial charge in [-0.25, -0.2) is 15.0 Å². The van der Waals surface area contributed by atoms with Gasteiger partial charge in [0.25, 0.3) is 5.91 Å². The maximum absolute atomic E-state index is 12.4. The summed E-state index contributed by atoms with van der Waals surface area (Å²) in [5, 5.41) is 8.50. The molecule has 3 heterocycles. The van der Waals surface area contributed by atoms with Crippen LogP contribution in [0.4, 0.5) is 10.8 Å². The van der Waals surface area contributed by atoms with Crippen LogP contribution in [0.1, 0.15) is 16.3 Å². The molecular weight excluding hydrogens is 376 g/mol. The number of benzene rings is 1. The largest absolute Gasteiger partial charge is 0.325 e. The van der Waals surface area contributed by atoms with Crippen LogP contribution in [0, 0.1) is 0 Å². The van der Waals surface area contributed by atoms with Crippen LogP contribution in [0.15, 0.2) is 60.4 Å². The van der Waals surface area contributed by atoms with Gasteiger partial charge in [0.15, 0.2) is 5.13 Å². The molecule has 2 amide bonds. The van der Waals surface area contributed by atoms with E-state index in [1.807, 2.05) is 30.3 Å². The number of fused-ring (bicyclic) bond motifs is 1. The fourth-order valence-corrected chi connectivity index (χ4v) is 3.29. The van der Waals surface area contributed by atoms with E-state index in [1.54, 1.807) is 17.6 Å². The number of hydrogen-bond acceptors (Lipinski definition) is 7. The summed E-state index contributed by atoms with van der Waals surface area (Å²) in [7, 11) is 0. The van der Waals surface area contributed by atoms with E-state index in [2.05, 4.69) is 30.6 Å². The van der Waals surface area contributed by atoms with Crippen LogP contribution in [0.2, 0.25) is 0 Å². The molecule has 0 radical (unpaired) electrons. The Morgan fingerprint density at radius 3 is 2.61 bits per heavy atom. The van der Waals surface area contributed by atoms with Crippen LogP contribution >= 0.6 is 11.3 Å². The molecule has 0 saturated heterocycles. The molecule has 138 valence electrons. The van der Waals surface area contributed by atoms with Crippen LogP contribution in [0.25, 0.3) is 10.9 Å². The molecule has 0 aliphatic rings. The zero-order chi connectivity index (χ0) is 19.3. The molecule has 0 spiro atoms. The first-order chi connectivity index (χ1) is 13.7. The van der Waals surface area contributed by atoms with Crippen molar-refractivity contribution in [3.05, 3.63) is 71.9 Å². The van der Waals surface area contributed by atoms with Crippen molar-refractivity contribution in [1.82, 2.24) is 19.9 Å². The van der Waals surface area contributed by atoms with Crippen molar-refractivity contribution in [1.29, 1.82) is 0 Å². The second kappa shape index (κ2) is 7.89. The van der Waals surface area contributed by atoms with Gasteiger partial charge in [-0.15, -0.1) is 11.3 Å². The van der Waals surface area contributed by atoms with Gasteiger partial charge in [-0.3, -0.25) is 19.9 Å². The van der Waals surface area contributed by atoms with E-state index in [-0.39, 0.29) is 18.2 Å². The van der Waals surface area contributed by atoms with Crippen molar-refractivity contribution >= 4 is 44.9 Å². The van der Waals surface area contributed by atoms with E-state index >= 15 is 0 Å². The Labute approximate surface area is 163 Å². The lowest BCUT2D eigenvalue weighted by Gasteiger charge is -2.07. The molecule has 0 fully saturated rings. The standard InChI is InChI=1S/C19H14N6O2S/c26-16(24-15-6-1-5-14-13(15)4-2-7-20-14)10-12-11-28-19(23-12)25-18(27)17-21-8-3-9-22-17/h1-9,11H,10H2,(H,24,26)(H,23,25,27). The van der Waals surface area contributed by atoms with Gasteiger partial charge in [0.2, 0.25) is 11.7 Å². The van der Waals surface area contributed by atoms with Gasteiger partial charge in [0.1, 0.15) is 0 Å². The highest BCUT2D eigenvalue weighted by molar-refractivity contribution is 7.14. The molecule has 3 aromatic heterocycles. The summed E-state index contributed by atoms with van der Waals surface area (Å²) < 4.78 is 0. The number of carbonyl (C=O) groups is 2. The third-order valence-electron chi connectivity index (χ3n) is 3.80. The molecule has 28 heavy (non-hydrogen) atoms. The lowest BCUT2D eigenvalue weighted by Crippen LogP contribution is -2.16. The van der Waals surface area contributed by atoms with Crippen molar-refractivity contribution in [3.63, 3.8) is 0 Å². The number of nitrogens with one attached hydrogen (secondary N) is 2. The molecular formula is C19H14N6O2S. The number of hydrogen-bond donors (Lipinski definition) is 2. The zero-order valence-electron chi connectivity index (χ0n) is 14.5. The smallest absolute Gasteiger partial charge is 0.295 e. The number of pyridine rings is 1. The Balaban J connectivity index is 1.41. The number of nitrogens with zero attached hydrogens (tertiary/aromatic N) is 4. The molecule has 8 nitrogen and oxygen atoms in total. The molecule has 0 bridgehead atoms. The summed E-state index contributed by atoms with van der Waals surface area (Å²) in [5.74, 6) is -0.596. The lowest BCUT2D eigenvalue weighted by molar-refractivity contribution is -0.115. The van der Waals surface area contributed by atoms with Crippen LogP contribution in [-0.4, -0.2) is 31.8 Å². The summed E-state index contributed by atoms with van der Waals surface area (Å²) in [6, 6.07) is 10.9. The van der Waals surface area contributed by atoms with Gasteiger partial charge >= 0.3 is 0 Å². The third-order valence-corrected chi connectivity index (χ3v) is 4.61. The minimum Gasteiger partial charge on any atom is -0.325 e. The molecule has 0 aliphatic carbocycles. The van der Waals surface area contributed by atoms with Gasteiger partial charge in [-0.1, -0.05) is 6.07 Å². The zero-order valence-corrected chi connectivity index (χ0v) is 15.3. The maximum atomic E-state index is 12.4. The maximum Gasteiger partial charge on any atom is 0.295 e. The molecule has 0 unspecified atom stereocenters. The molecule has 0 aliphatic heterocycles. The van der Waals surface area contributed by atoms with Crippen molar-refractivity contribution in [2.45, 2.75) is 6.42 Å². The van der Waals surface area contributed by atoms with Crippen molar-refractivity contribution < 1.29 is 9.59 Å². The number of carbonyl (C=O) groups excluding carboxylic acids is 2. The van der Waals surface area contributed by atoms with Gasteiger partial charge in [0, 0.05) is 29.4 Å². The summed E-state index contributed by atoms with van der Waals surface area (Å²) in [6.45, 7) is 0. The SMILES string of the molecule is O=C(Cc1csc(NC(=O)c2ncccn2)n1)Nc1cccc2ncccc12. The van der Waals surface area contributed by atoms with E-state index in [9.17, 15) is 9.59 Å². The van der Waals surface area contributed by atoms with Gasteiger partial charge < -0.3 is 5.32 Å². The molecule has 9 heteroatoms. The lowest BCUT2D eigenvalue weighted by atomic mass is 10.2. The predicted octanol–water partition coefficient (Wildman–Crippen LogP) is 2.91. The molecule has 1 aromatic carbocycles. The normalized spacial score (nSPS) is 10.6. The van der Waals surface area contributed by atoms with Gasteiger partial charge in [-0.2, -0.15) is 0 Å². The van der Waals surface area contributed by atoms with E-state index in [1.165, 1.54) is 23.7 Å². The minimum absolute atomic E-state index is 0.0570. The average Bonchev–Trinajstić information content (AvgIpc) is 3.15. The Morgan fingerprint density at radius 1 is 0.929 bits per heavy atom. The number of amides is 2. The summed E-state index contributed by atoms with van der Waals surface area (Å²) in [4.78, 5) is 40.8. The Hall–Kier alpha value is -3.72. The van der Waals surface area contributed by atoms with Crippen molar-refractivity contribution in [3.8, 4) is 0 Å². The number of aromatic nitrogens is 4. The summed E-state index contributed by atoms with van der Waals surface area (Å²) >= 11 is 1.23. The first-order valence-electron chi connectivity index (χ1n) is 8.35. The number of thiazole rings is 1. The number of rotatable bonds is 5. The highest BCUT2D eigenvalue weighted by atomic mass is 32.1. The predicted molar refractivity (Wildman–Crippen MR) is 106 cm³/mol. The fourth-order valence-electron chi connectivity index (χ4n) is 2.59. The first-order valence-corrected chi connectivity index (χ1v) is 9.23. The van der Waals surface area contributed by atoms with E-state index < -0.39 is 5.91 Å². The second-order valence-electron chi connectivity index (χ2n) is 5.77. The average molecular weight is 390 g/mol. The highest BCUT2D eigenvalue weighted by Crippen LogP contribution is 2.22.